The number of hydrogen-bond donors (Lipinski definition) is 2. The van der Waals surface area contributed by atoms with Crippen molar-refractivity contribution in [2.45, 2.75) is 19.6 Å². The molecule has 0 bridgehead atoms. The Hall–Kier alpha value is -2.41. The number of hydrogen-bond acceptors (Lipinski definition) is 5. The number of benzene rings is 1. The van der Waals surface area contributed by atoms with Gasteiger partial charge < -0.3 is 15.8 Å². The first-order valence-corrected chi connectivity index (χ1v) is 7.41. The van der Waals surface area contributed by atoms with Crippen LogP contribution in [0.1, 0.15) is 22.2 Å². The smallest absolute Gasteiger partial charge is 0.341 e. The molecule has 22 heavy (non-hydrogen) atoms. The molecule has 3 N–H and O–H groups in total. The van der Waals surface area contributed by atoms with Crippen molar-refractivity contribution in [3.05, 3.63) is 52.0 Å². The third kappa shape index (κ3) is 4.05. The molecule has 1 aromatic carbocycles. The van der Waals surface area contributed by atoms with E-state index in [-0.39, 0.29) is 11.3 Å². The fraction of sp³-hybridized carbons (Fsp3) is 0.200. The Bertz CT molecular complexity index is 673. The first-order chi connectivity index (χ1) is 10.5. The van der Waals surface area contributed by atoms with Crippen LogP contribution >= 0.6 is 11.3 Å². The van der Waals surface area contributed by atoms with E-state index in [4.69, 9.17) is 10.5 Å². The SMILES string of the molecule is CC(OC(=O)c1ccc(F)cc1N)C(=O)NCc1cccs1. The minimum atomic E-state index is -0.975. The monoisotopic (exact) mass is 322 g/mol. The Labute approximate surface area is 130 Å². The van der Waals surface area contributed by atoms with Crippen LogP contribution in [0.25, 0.3) is 0 Å². The zero-order valence-corrected chi connectivity index (χ0v) is 12.7. The zero-order chi connectivity index (χ0) is 16.1. The van der Waals surface area contributed by atoms with Gasteiger partial charge in [0.15, 0.2) is 6.10 Å². The van der Waals surface area contributed by atoms with E-state index in [1.165, 1.54) is 24.3 Å². The van der Waals surface area contributed by atoms with E-state index in [1.54, 1.807) is 0 Å². The Balaban J connectivity index is 1.91. The van der Waals surface area contributed by atoms with Crippen molar-refractivity contribution < 1.29 is 18.7 Å². The van der Waals surface area contributed by atoms with Gasteiger partial charge in [0.25, 0.3) is 5.91 Å². The van der Waals surface area contributed by atoms with Gasteiger partial charge in [-0.1, -0.05) is 6.07 Å². The molecule has 0 aliphatic carbocycles. The van der Waals surface area contributed by atoms with Gasteiger partial charge in [0.2, 0.25) is 0 Å². The maximum absolute atomic E-state index is 12.9. The molecule has 116 valence electrons. The Kier molecular flexibility index (Phi) is 5.11. The summed E-state index contributed by atoms with van der Waals surface area (Å²) in [5.74, 6) is -1.73. The molecule has 0 spiro atoms. The Morgan fingerprint density at radius 3 is 2.82 bits per heavy atom. The fourth-order valence-corrected chi connectivity index (χ4v) is 2.37. The predicted molar refractivity (Wildman–Crippen MR) is 81.9 cm³/mol. The molecule has 0 saturated carbocycles. The highest BCUT2D eigenvalue weighted by molar-refractivity contribution is 7.09. The van der Waals surface area contributed by atoms with Gasteiger partial charge in [0.1, 0.15) is 5.82 Å². The van der Waals surface area contributed by atoms with Gasteiger partial charge in [0.05, 0.1) is 12.1 Å². The van der Waals surface area contributed by atoms with E-state index in [9.17, 15) is 14.0 Å². The maximum atomic E-state index is 12.9. The fourth-order valence-electron chi connectivity index (χ4n) is 1.73. The number of nitrogens with two attached hydrogens (primary N) is 1. The summed E-state index contributed by atoms with van der Waals surface area (Å²) >= 11 is 1.52. The maximum Gasteiger partial charge on any atom is 0.341 e. The average molecular weight is 322 g/mol. The lowest BCUT2D eigenvalue weighted by Gasteiger charge is -2.14. The minimum absolute atomic E-state index is 0.0271. The number of halogens is 1. The van der Waals surface area contributed by atoms with E-state index < -0.39 is 23.8 Å². The van der Waals surface area contributed by atoms with E-state index >= 15 is 0 Å². The van der Waals surface area contributed by atoms with Gasteiger partial charge >= 0.3 is 5.97 Å². The molecule has 1 heterocycles. The van der Waals surface area contributed by atoms with Crippen LogP contribution in [0.4, 0.5) is 10.1 Å². The molecule has 1 unspecified atom stereocenters. The van der Waals surface area contributed by atoms with Crippen LogP contribution in [0.5, 0.6) is 0 Å². The number of thiophene rings is 1. The number of rotatable bonds is 5. The molecule has 1 amide bonds. The second-order valence-corrected chi connectivity index (χ2v) is 5.61. The van der Waals surface area contributed by atoms with E-state index in [0.29, 0.717) is 6.54 Å². The third-order valence-electron chi connectivity index (χ3n) is 2.90. The van der Waals surface area contributed by atoms with Crippen molar-refractivity contribution >= 4 is 28.9 Å². The largest absolute Gasteiger partial charge is 0.449 e. The summed E-state index contributed by atoms with van der Waals surface area (Å²) in [4.78, 5) is 24.8. The van der Waals surface area contributed by atoms with Gasteiger partial charge in [-0.05, 0) is 36.6 Å². The number of esters is 1. The van der Waals surface area contributed by atoms with Crippen molar-refractivity contribution in [3.8, 4) is 0 Å². The lowest BCUT2D eigenvalue weighted by Crippen LogP contribution is -2.35. The average Bonchev–Trinajstić information content (AvgIpc) is 2.97. The molecular weight excluding hydrogens is 307 g/mol. The molecule has 0 aliphatic heterocycles. The minimum Gasteiger partial charge on any atom is -0.449 e. The highest BCUT2D eigenvalue weighted by Gasteiger charge is 2.20. The van der Waals surface area contributed by atoms with E-state index in [2.05, 4.69) is 5.32 Å². The highest BCUT2D eigenvalue weighted by atomic mass is 32.1. The topological polar surface area (TPSA) is 81.4 Å². The summed E-state index contributed by atoms with van der Waals surface area (Å²) < 4.78 is 18.0. The molecular formula is C15H15FN2O3S. The number of carbonyl (C=O) groups is 2. The van der Waals surface area contributed by atoms with Crippen LogP contribution in [0, 0.1) is 5.82 Å². The quantitative estimate of drug-likeness (QED) is 0.654. The van der Waals surface area contributed by atoms with Crippen LogP contribution in [0.15, 0.2) is 35.7 Å². The number of carbonyl (C=O) groups excluding carboxylic acids is 2. The standard InChI is InChI=1S/C15H15FN2O3S/c1-9(14(19)18-8-11-3-2-6-22-11)21-15(20)12-5-4-10(16)7-13(12)17/h2-7,9H,8,17H2,1H3,(H,18,19). The molecule has 7 heteroatoms. The molecule has 0 aliphatic rings. The third-order valence-corrected chi connectivity index (χ3v) is 3.78. The number of ether oxygens (including phenoxy) is 1. The van der Waals surface area contributed by atoms with Crippen molar-refractivity contribution in [1.29, 1.82) is 0 Å². The lowest BCUT2D eigenvalue weighted by molar-refractivity contribution is -0.129. The summed E-state index contributed by atoms with van der Waals surface area (Å²) in [6, 6.07) is 7.13. The molecule has 1 atom stereocenters. The summed E-state index contributed by atoms with van der Waals surface area (Å²) in [7, 11) is 0. The molecule has 0 saturated heterocycles. The van der Waals surface area contributed by atoms with Crippen LogP contribution in [-0.4, -0.2) is 18.0 Å². The molecule has 5 nitrogen and oxygen atoms in total. The second kappa shape index (κ2) is 7.04. The first-order valence-electron chi connectivity index (χ1n) is 6.53. The predicted octanol–water partition coefficient (Wildman–Crippen LogP) is 2.33. The summed E-state index contributed by atoms with van der Waals surface area (Å²) in [6.45, 7) is 1.83. The van der Waals surface area contributed by atoms with Crippen molar-refractivity contribution in [1.82, 2.24) is 5.32 Å². The van der Waals surface area contributed by atoms with Gasteiger partial charge in [-0.2, -0.15) is 0 Å². The van der Waals surface area contributed by atoms with Crippen LogP contribution < -0.4 is 11.1 Å². The number of nitrogens with one attached hydrogen (secondary N) is 1. The second-order valence-electron chi connectivity index (χ2n) is 4.58. The van der Waals surface area contributed by atoms with E-state index in [1.807, 2.05) is 17.5 Å². The first kappa shape index (κ1) is 16.0. The van der Waals surface area contributed by atoms with Crippen LogP contribution in [0.3, 0.4) is 0 Å². The molecule has 2 rings (SSSR count). The number of nitrogen functional groups attached to an aromatic ring is 1. The van der Waals surface area contributed by atoms with Crippen LogP contribution in [0.2, 0.25) is 0 Å². The van der Waals surface area contributed by atoms with E-state index in [0.717, 1.165) is 17.0 Å². The molecule has 2 aromatic rings. The van der Waals surface area contributed by atoms with Crippen molar-refractivity contribution in [2.24, 2.45) is 0 Å². The summed E-state index contributed by atoms with van der Waals surface area (Å²) in [5, 5.41) is 4.57. The van der Waals surface area contributed by atoms with Crippen molar-refractivity contribution in [3.63, 3.8) is 0 Å². The van der Waals surface area contributed by atoms with Gasteiger partial charge in [0, 0.05) is 10.6 Å². The Morgan fingerprint density at radius 1 is 1.41 bits per heavy atom. The number of anilines is 1. The molecule has 1 aromatic heterocycles. The van der Waals surface area contributed by atoms with Gasteiger partial charge in [-0.3, -0.25) is 4.79 Å². The summed E-state index contributed by atoms with van der Waals surface area (Å²) in [5.41, 5.74) is 5.55. The van der Waals surface area contributed by atoms with Gasteiger partial charge in [-0.15, -0.1) is 11.3 Å². The lowest BCUT2D eigenvalue weighted by atomic mass is 10.2. The Morgan fingerprint density at radius 2 is 2.18 bits per heavy atom. The van der Waals surface area contributed by atoms with Crippen LogP contribution in [-0.2, 0) is 16.1 Å². The normalized spacial score (nSPS) is 11.7. The summed E-state index contributed by atoms with van der Waals surface area (Å²) in [6.07, 6.45) is -0.975. The number of amides is 1. The van der Waals surface area contributed by atoms with Gasteiger partial charge in [-0.25, -0.2) is 9.18 Å². The van der Waals surface area contributed by atoms with Crippen molar-refractivity contribution in [2.75, 3.05) is 5.73 Å². The highest BCUT2D eigenvalue weighted by Crippen LogP contribution is 2.15. The molecule has 0 radical (unpaired) electrons. The molecule has 0 fully saturated rings. The zero-order valence-electron chi connectivity index (χ0n) is 11.8.